The van der Waals surface area contributed by atoms with Gasteiger partial charge in [-0.15, -0.1) is 0 Å². The maximum absolute atomic E-state index is 12.4. The van der Waals surface area contributed by atoms with E-state index in [-0.39, 0.29) is 5.91 Å². The lowest BCUT2D eigenvalue weighted by atomic mass is 9.97. The SMILES string of the molecule is CCCc1c(-c2ccc(N3CCCC3)cc2)c(C(N)=O)c(C)n1CCCOCC. The van der Waals surface area contributed by atoms with E-state index in [1.54, 1.807) is 0 Å². The third kappa shape index (κ3) is 4.67. The van der Waals surface area contributed by atoms with Gasteiger partial charge in [-0.25, -0.2) is 0 Å². The molecule has 5 nitrogen and oxygen atoms in total. The van der Waals surface area contributed by atoms with Crippen LogP contribution >= 0.6 is 0 Å². The van der Waals surface area contributed by atoms with Gasteiger partial charge in [0.2, 0.25) is 0 Å². The number of primary amides is 1. The fourth-order valence-corrected chi connectivity index (χ4v) is 4.49. The summed E-state index contributed by atoms with van der Waals surface area (Å²) >= 11 is 0. The van der Waals surface area contributed by atoms with E-state index in [1.807, 2.05) is 13.8 Å². The van der Waals surface area contributed by atoms with Gasteiger partial charge >= 0.3 is 0 Å². The lowest BCUT2D eigenvalue weighted by Crippen LogP contribution is -2.17. The molecule has 2 N–H and O–H groups in total. The first-order valence-electron chi connectivity index (χ1n) is 11.0. The van der Waals surface area contributed by atoms with Crippen molar-refractivity contribution < 1.29 is 9.53 Å². The number of carbonyl (C=O) groups is 1. The van der Waals surface area contributed by atoms with Crippen LogP contribution in [0.1, 0.15) is 61.3 Å². The van der Waals surface area contributed by atoms with Gasteiger partial charge in [-0.05, 0) is 57.2 Å². The Morgan fingerprint density at radius 3 is 2.41 bits per heavy atom. The normalized spacial score (nSPS) is 14.0. The summed E-state index contributed by atoms with van der Waals surface area (Å²) in [4.78, 5) is 14.8. The van der Waals surface area contributed by atoms with E-state index in [2.05, 4.69) is 40.7 Å². The molecule has 0 bridgehead atoms. The highest BCUT2D eigenvalue weighted by Gasteiger charge is 2.24. The second-order valence-corrected chi connectivity index (χ2v) is 7.84. The monoisotopic (exact) mass is 397 g/mol. The van der Waals surface area contributed by atoms with Gasteiger partial charge in [-0.1, -0.05) is 25.5 Å². The molecule has 0 unspecified atom stereocenters. The minimum absolute atomic E-state index is 0.345. The zero-order valence-corrected chi connectivity index (χ0v) is 18.2. The Labute approximate surface area is 174 Å². The topological polar surface area (TPSA) is 60.5 Å². The Balaban J connectivity index is 1.99. The highest BCUT2D eigenvalue weighted by atomic mass is 16.5. The lowest BCUT2D eigenvalue weighted by Gasteiger charge is -2.18. The molecular weight excluding hydrogens is 362 g/mol. The minimum atomic E-state index is -0.345. The maximum Gasteiger partial charge on any atom is 0.251 e. The van der Waals surface area contributed by atoms with Crippen LogP contribution in [0.2, 0.25) is 0 Å². The Morgan fingerprint density at radius 2 is 1.83 bits per heavy atom. The molecule has 0 radical (unpaired) electrons. The first-order chi connectivity index (χ1) is 14.1. The zero-order chi connectivity index (χ0) is 20.8. The van der Waals surface area contributed by atoms with Crippen LogP contribution in [0.4, 0.5) is 5.69 Å². The second-order valence-electron chi connectivity index (χ2n) is 7.84. The maximum atomic E-state index is 12.4. The first-order valence-corrected chi connectivity index (χ1v) is 11.0. The predicted octanol–water partition coefficient (Wildman–Crippen LogP) is 4.54. The van der Waals surface area contributed by atoms with Crippen LogP contribution in [0.3, 0.4) is 0 Å². The largest absolute Gasteiger partial charge is 0.382 e. The van der Waals surface area contributed by atoms with E-state index < -0.39 is 0 Å². The molecule has 1 amide bonds. The van der Waals surface area contributed by atoms with Crippen molar-refractivity contribution in [1.29, 1.82) is 0 Å². The van der Waals surface area contributed by atoms with Crippen LogP contribution < -0.4 is 10.6 Å². The number of hydrogen-bond acceptors (Lipinski definition) is 3. The average Bonchev–Trinajstić information content (AvgIpc) is 3.33. The van der Waals surface area contributed by atoms with Crippen molar-refractivity contribution in [3.8, 4) is 11.1 Å². The summed E-state index contributed by atoms with van der Waals surface area (Å²) in [6.07, 6.45) is 5.39. The fourth-order valence-electron chi connectivity index (χ4n) is 4.49. The van der Waals surface area contributed by atoms with Crippen LogP contribution in [0.25, 0.3) is 11.1 Å². The van der Waals surface area contributed by atoms with Gasteiger partial charge < -0.3 is 19.9 Å². The van der Waals surface area contributed by atoms with E-state index >= 15 is 0 Å². The summed E-state index contributed by atoms with van der Waals surface area (Å²) in [5, 5.41) is 0. The molecule has 0 saturated carbocycles. The minimum Gasteiger partial charge on any atom is -0.382 e. The Bertz CT molecular complexity index is 818. The van der Waals surface area contributed by atoms with Gasteiger partial charge in [0.1, 0.15) is 0 Å². The highest BCUT2D eigenvalue weighted by molar-refractivity contribution is 6.02. The molecule has 2 aromatic rings. The molecule has 0 atom stereocenters. The number of nitrogens with zero attached hydrogens (tertiary/aromatic N) is 2. The quantitative estimate of drug-likeness (QED) is 0.599. The van der Waals surface area contributed by atoms with Crippen LogP contribution in [-0.4, -0.2) is 36.8 Å². The summed E-state index contributed by atoms with van der Waals surface area (Å²) in [5.74, 6) is -0.345. The van der Waals surface area contributed by atoms with E-state index in [1.165, 1.54) is 24.2 Å². The van der Waals surface area contributed by atoms with Gasteiger partial charge in [0, 0.05) is 55.5 Å². The van der Waals surface area contributed by atoms with Crippen LogP contribution in [0.5, 0.6) is 0 Å². The molecule has 0 spiro atoms. The van der Waals surface area contributed by atoms with Crippen molar-refractivity contribution in [2.75, 3.05) is 31.2 Å². The number of carbonyl (C=O) groups excluding carboxylic acids is 1. The van der Waals surface area contributed by atoms with Crippen molar-refractivity contribution in [2.45, 2.75) is 59.4 Å². The summed E-state index contributed by atoms with van der Waals surface area (Å²) in [5.41, 5.74) is 12.1. The average molecular weight is 398 g/mol. The predicted molar refractivity (Wildman–Crippen MR) is 120 cm³/mol. The molecule has 0 aliphatic carbocycles. The van der Waals surface area contributed by atoms with E-state index in [9.17, 15) is 4.79 Å². The number of anilines is 1. The van der Waals surface area contributed by atoms with Crippen molar-refractivity contribution in [3.05, 3.63) is 41.2 Å². The second kappa shape index (κ2) is 9.97. The number of benzene rings is 1. The summed E-state index contributed by atoms with van der Waals surface area (Å²) in [7, 11) is 0. The number of rotatable bonds is 10. The molecule has 1 saturated heterocycles. The number of ether oxygens (including phenoxy) is 1. The van der Waals surface area contributed by atoms with Crippen LogP contribution in [0.15, 0.2) is 24.3 Å². The Kier molecular flexibility index (Phi) is 7.37. The smallest absolute Gasteiger partial charge is 0.251 e. The molecule has 158 valence electrons. The summed E-state index contributed by atoms with van der Waals surface area (Å²) < 4.78 is 7.80. The van der Waals surface area contributed by atoms with E-state index in [0.717, 1.165) is 68.9 Å². The third-order valence-electron chi connectivity index (χ3n) is 5.87. The number of nitrogens with two attached hydrogens (primary N) is 1. The molecule has 1 aliphatic heterocycles. The van der Waals surface area contributed by atoms with E-state index in [4.69, 9.17) is 10.5 Å². The van der Waals surface area contributed by atoms with Crippen LogP contribution in [0, 0.1) is 6.92 Å². The standard InChI is InChI=1S/C24H35N3O2/c1-4-9-21-23(19-10-12-20(13-11-19)26-14-6-7-15-26)22(24(25)28)18(3)27(21)16-8-17-29-5-2/h10-13H,4-9,14-17H2,1-3H3,(H2,25,28). The molecule has 2 heterocycles. The van der Waals surface area contributed by atoms with Gasteiger partial charge in [0.05, 0.1) is 5.56 Å². The summed E-state index contributed by atoms with van der Waals surface area (Å²) in [6.45, 7) is 10.8. The summed E-state index contributed by atoms with van der Waals surface area (Å²) in [6, 6.07) is 8.67. The molecule has 29 heavy (non-hydrogen) atoms. The zero-order valence-electron chi connectivity index (χ0n) is 18.2. The molecule has 1 aromatic heterocycles. The number of aromatic nitrogens is 1. The highest BCUT2D eigenvalue weighted by Crippen LogP contribution is 2.35. The van der Waals surface area contributed by atoms with Crippen molar-refractivity contribution in [3.63, 3.8) is 0 Å². The van der Waals surface area contributed by atoms with Gasteiger partial charge in [0.25, 0.3) is 5.91 Å². The lowest BCUT2D eigenvalue weighted by molar-refractivity contribution is 0.1000. The third-order valence-corrected chi connectivity index (χ3v) is 5.87. The molecule has 5 heteroatoms. The molecule has 1 aromatic carbocycles. The molecule has 3 rings (SSSR count). The molecule has 1 aliphatic rings. The molecular formula is C24H35N3O2. The van der Waals surface area contributed by atoms with Gasteiger partial charge in [-0.2, -0.15) is 0 Å². The van der Waals surface area contributed by atoms with Crippen LogP contribution in [-0.2, 0) is 17.7 Å². The molecule has 1 fully saturated rings. The fraction of sp³-hybridized carbons (Fsp3) is 0.542. The van der Waals surface area contributed by atoms with Gasteiger partial charge in [-0.3, -0.25) is 4.79 Å². The van der Waals surface area contributed by atoms with E-state index in [0.29, 0.717) is 5.56 Å². The number of amides is 1. The Hall–Kier alpha value is -2.27. The number of hydrogen-bond donors (Lipinski definition) is 1. The van der Waals surface area contributed by atoms with Crippen molar-refractivity contribution in [1.82, 2.24) is 4.57 Å². The first kappa shape index (κ1) is 21.4. The van der Waals surface area contributed by atoms with Gasteiger partial charge in [0.15, 0.2) is 0 Å². The van der Waals surface area contributed by atoms with Crippen molar-refractivity contribution >= 4 is 11.6 Å². The van der Waals surface area contributed by atoms with Crippen molar-refractivity contribution in [2.24, 2.45) is 5.73 Å². The Morgan fingerprint density at radius 1 is 1.14 bits per heavy atom.